The fourth-order valence-corrected chi connectivity index (χ4v) is 2.83. The molecule has 1 aromatic carbocycles. The number of non-ortho nitro benzene ring substituents is 1. The van der Waals surface area contributed by atoms with E-state index in [0.29, 0.717) is 28.2 Å². The highest BCUT2D eigenvalue weighted by Crippen LogP contribution is 2.27. The maximum Gasteiger partial charge on any atom is 0.338 e. The molecule has 0 unspecified atom stereocenters. The molecule has 0 fully saturated rings. The summed E-state index contributed by atoms with van der Waals surface area (Å²) in [6.07, 6.45) is 1.58. The average molecular weight is 383 g/mol. The monoisotopic (exact) mass is 383 g/mol. The van der Waals surface area contributed by atoms with Crippen molar-refractivity contribution in [1.29, 1.82) is 0 Å². The minimum absolute atomic E-state index is 0.0428. The summed E-state index contributed by atoms with van der Waals surface area (Å²) in [6, 6.07) is 8.98. The second kappa shape index (κ2) is 7.87. The number of pyridine rings is 1. The van der Waals surface area contributed by atoms with E-state index in [4.69, 9.17) is 9.47 Å². The van der Waals surface area contributed by atoms with Gasteiger partial charge in [0.05, 0.1) is 42.0 Å². The van der Waals surface area contributed by atoms with Crippen LogP contribution in [0.25, 0.3) is 16.9 Å². The molecule has 3 aromatic rings. The zero-order valence-electron chi connectivity index (χ0n) is 15.2. The molecular formula is C19H17N3O6. The summed E-state index contributed by atoms with van der Waals surface area (Å²) >= 11 is 0. The third-order valence-corrected chi connectivity index (χ3v) is 4.11. The van der Waals surface area contributed by atoms with Gasteiger partial charge in [-0.05, 0) is 31.2 Å². The number of nitro groups is 1. The van der Waals surface area contributed by atoms with E-state index < -0.39 is 16.9 Å². The van der Waals surface area contributed by atoms with Crippen LogP contribution in [0.3, 0.4) is 0 Å². The minimum Gasteiger partial charge on any atom is -0.466 e. The Morgan fingerprint density at radius 3 is 2.54 bits per heavy atom. The molecule has 0 bridgehead atoms. The number of hydrogen-bond acceptors (Lipinski definition) is 7. The molecule has 3 rings (SSSR count). The van der Waals surface area contributed by atoms with Crippen molar-refractivity contribution in [3.05, 3.63) is 64.0 Å². The van der Waals surface area contributed by atoms with E-state index in [0.717, 1.165) is 0 Å². The molecule has 0 aliphatic heterocycles. The van der Waals surface area contributed by atoms with Crippen LogP contribution < -0.4 is 0 Å². The molecule has 9 nitrogen and oxygen atoms in total. The second-order valence-corrected chi connectivity index (χ2v) is 5.83. The predicted octanol–water partition coefficient (Wildman–Crippen LogP) is 2.80. The molecule has 0 amide bonds. The van der Waals surface area contributed by atoms with Gasteiger partial charge in [-0.3, -0.25) is 14.9 Å². The number of ether oxygens (including phenoxy) is 2. The highest BCUT2D eigenvalue weighted by atomic mass is 16.6. The Morgan fingerprint density at radius 1 is 1.21 bits per heavy atom. The van der Waals surface area contributed by atoms with Gasteiger partial charge in [-0.25, -0.2) is 9.78 Å². The van der Waals surface area contributed by atoms with Crippen molar-refractivity contribution in [2.75, 3.05) is 13.7 Å². The fourth-order valence-electron chi connectivity index (χ4n) is 2.83. The number of methoxy groups -OCH3 is 1. The third-order valence-electron chi connectivity index (χ3n) is 4.11. The number of fused-ring (bicyclic) bond motifs is 1. The van der Waals surface area contributed by atoms with Crippen molar-refractivity contribution in [2.45, 2.75) is 13.3 Å². The largest absolute Gasteiger partial charge is 0.466 e. The van der Waals surface area contributed by atoms with E-state index in [2.05, 4.69) is 4.98 Å². The van der Waals surface area contributed by atoms with Gasteiger partial charge in [0, 0.05) is 23.9 Å². The molecule has 0 saturated carbocycles. The number of hydrogen-bond donors (Lipinski definition) is 0. The Bertz CT molecular complexity index is 1060. The third kappa shape index (κ3) is 3.68. The lowest BCUT2D eigenvalue weighted by Gasteiger charge is -2.06. The number of carbonyl (C=O) groups is 2. The Kier molecular flexibility index (Phi) is 5.35. The van der Waals surface area contributed by atoms with Crippen molar-refractivity contribution >= 4 is 23.3 Å². The van der Waals surface area contributed by atoms with Crippen LogP contribution in [0.5, 0.6) is 0 Å². The highest BCUT2D eigenvalue weighted by Gasteiger charge is 2.19. The number of benzene rings is 1. The zero-order valence-corrected chi connectivity index (χ0v) is 15.2. The molecule has 0 radical (unpaired) electrons. The van der Waals surface area contributed by atoms with E-state index in [9.17, 15) is 19.7 Å². The molecule has 0 atom stereocenters. The number of imidazole rings is 1. The van der Waals surface area contributed by atoms with E-state index in [-0.39, 0.29) is 18.7 Å². The van der Waals surface area contributed by atoms with E-state index in [1.807, 2.05) is 0 Å². The van der Waals surface area contributed by atoms with Crippen molar-refractivity contribution in [3.63, 3.8) is 0 Å². The summed E-state index contributed by atoms with van der Waals surface area (Å²) in [5.41, 5.74) is 2.35. The SMILES string of the molecule is CCOC(=O)Cc1c(-c2ccc([N+](=O)[O-])cc2)nc2cc(C(=O)OC)ccn12. The lowest BCUT2D eigenvalue weighted by Crippen LogP contribution is -2.10. The van der Waals surface area contributed by atoms with Gasteiger partial charge in [-0.15, -0.1) is 0 Å². The number of rotatable bonds is 6. The summed E-state index contributed by atoms with van der Waals surface area (Å²) < 4.78 is 11.4. The van der Waals surface area contributed by atoms with Crippen LogP contribution in [-0.2, 0) is 20.7 Å². The molecule has 2 aromatic heterocycles. The maximum atomic E-state index is 12.1. The normalized spacial score (nSPS) is 10.6. The van der Waals surface area contributed by atoms with Crippen molar-refractivity contribution in [1.82, 2.24) is 9.38 Å². The summed E-state index contributed by atoms with van der Waals surface area (Å²) in [6.45, 7) is 1.96. The fraction of sp³-hybridized carbons (Fsp3) is 0.211. The molecule has 0 aliphatic carbocycles. The highest BCUT2D eigenvalue weighted by molar-refractivity contribution is 5.90. The summed E-state index contributed by atoms with van der Waals surface area (Å²) in [5, 5.41) is 10.9. The zero-order chi connectivity index (χ0) is 20.3. The van der Waals surface area contributed by atoms with Gasteiger partial charge in [0.25, 0.3) is 5.69 Å². The van der Waals surface area contributed by atoms with Crippen LogP contribution in [-0.4, -0.2) is 40.0 Å². The molecule has 28 heavy (non-hydrogen) atoms. The molecule has 9 heteroatoms. The van der Waals surface area contributed by atoms with Gasteiger partial charge in [0.15, 0.2) is 0 Å². The van der Waals surface area contributed by atoms with Crippen LogP contribution >= 0.6 is 0 Å². The van der Waals surface area contributed by atoms with Gasteiger partial charge in [0.1, 0.15) is 5.65 Å². The maximum absolute atomic E-state index is 12.1. The summed E-state index contributed by atoms with van der Waals surface area (Å²) in [4.78, 5) is 38.8. The van der Waals surface area contributed by atoms with E-state index in [1.165, 1.54) is 19.2 Å². The van der Waals surface area contributed by atoms with Crippen LogP contribution in [0.4, 0.5) is 5.69 Å². The second-order valence-electron chi connectivity index (χ2n) is 5.83. The van der Waals surface area contributed by atoms with Gasteiger partial charge in [-0.2, -0.15) is 0 Å². The Morgan fingerprint density at radius 2 is 1.93 bits per heavy atom. The Balaban J connectivity index is 2.13. The summed E-state index contributed by atoms with van der Waals surface area (Å²) in [5.74, 6) is -0.932. The average Bonchev–Trinajstić information content (AvgIpc) is 3.05. The van der Waals surface area contributed by atoms with Crippen LogP contribution in [0.15, 0.2) is 42.6 Å². The number of nitro benzene ring substituents is 1. The molecule has 0 spiro atoms. The standard InChI is InChI=1S/C19H17N3O6/c1-3-28-17(23)11-15-18(12-4-6-14(7-5-12)22(25)26)20-16-10-13(19(24)27-2)8-9-21(15)16/h4-10H,3,11H2,1-2H3. The molecule has 144 valence electrons. The first-order chi connectivity index (χ1) is 13.4. The lowest BCUT2D eigenvalue weighted by atomic mass is 10.1. The molecule has 0 saturated heterocycles. The van der Waals surface area contributed by atoms with Crippen LogP contribution in [0, 0.1) is 10.1 Å². The van der Waals surface area contributed by atoms with Gasteiger partial charge in [0.2, 0.25) is 0 Å². The molecule has 0 N–H and O–H groups in total. The molecule has 2 heterocycles. The Labute approximate surface area is 159 Å². The Hall–Kier alpha value is -3.75. The van der Waals surface area contributed by atoms with Gasteiger partial charge in [-0.1, -0.05) is 0 Å². The number of aromatic nitrogens is 2. The van der Waals surface area contributed by atoms with Crippen molar-refractivity contribution < 1.29 is 24.0 Å². The first-order valence-electron chi connectivity index (χ1n) is 8.44. The van der Waals surface area contributed by atoms with Crippen molar-refractivity contribution in [3.8, 4) is 11.3 Å². The lowest BCUT2D eigenvalue weighted by molar-refractivity contribution is -0.384. The number of nitrogens with zero attached hydrogens (tertiary/aromatic N) is 3. The summed E-state index contributed by atoms with van der Waals surface area (Å²) in [7, 11) is 1.28. The smallest absolute Gasteiger partial charge is 0.338 e. The first kappa shape index (κ1) is 19.0. The predicted molar refractivity (Wildman–Crippen MR) is 99.0 cm³/mol. The van der Waals surface area contributed by atoms with Crippen LogP contribution in [0.1, 0.15) is 23.0 Å². The van der Waals surface area contributed by atoms with E-state index >= 15 is 0 Å². The number of esters is 2. The molecule has 0 aliphatic rings. The molecular weight excluding hydrogens is 366 g/mol. The van der Waals surface area contributed by atoms with Gasteiger partial charge >= 0.3 is 11.9 Å². The van der Waals surface area contributed by atoms with E-state index in [1.54, 1.807) is 41.8 Å². The minimum atomic E-state index is -0.505. The van der Waals surface area contributed by atoms with Crippen molar-refractivity contribution in [2.24, 2.45) is 0 Å². The topological polar surface area (TPSA) is 113 Å². The quantitative estimate of drug-likeness (QED) is 0.365. The first-order valence-corrected chi connectivity index (χ1v) is 8.44. The van der Waals surface area contributed by atoms with Crippen LogP contribution in [0.2, 0.25) is 0 Å². The number of carbonyl (C=O) groups excluding carboxylic acids is 2. The van der Waals surface area contributed by atoms with Gasteiger partial charge < -0.3 is 13.9 Å².